The van der Waals surface area contributed by atoms with Crippen molar-refractivity contribution in [2.75, 3.05) is 0 Å². The van der Waals surface area contributed by atoms with Gasteiger partial charge in [0.2, 0.25) is 0 Å². The normalized spacial score (nSPS) is 13.2. The zero-order valence-corrected chi connectivity index (χ0v) is 21.8. The Bertz CT molecular complexity index is 998. The zero-order chi connectivity index (χ0) is 24.1. The predicted molar refractivity (Wildman–Crippen MR) is 139 cm³/mol. The van der Waals surface area contributed by atoms with Crippen molar-refractivity contribution in [3.05, 3.63) is 81.3 Å². The Morgan fingerprint density at radius 1 is 0.970 bits per heavy atom. The molecule has 0 saturated heterocycles. The number of hydrogen-bond donors (Lipinski definition) is 1. The lowest BCUT2D eigenvalue weighted by atomic mass is 9.76. The maximum absolute atomic E-state index is 10.5. The van der Waals surface area contributed by atoms with Crippen molar-refractivity contribution >= 4 is 11.3 Å². The van der Waals surface area contributed by atoms with E-state index in [2.05, 4.69) is 77.9 Å². The summed E-state index contributed by atoms with van der Waals surface area (Å²) in [7, 11) is 0. The fraction of sp³-hybridized carbons (Fsp3) is 0.483. The molecule has 2 aromatic carbocycles. The second-order valence-electron chi connectivity index (χ2n) is 10.0. The number of aliphatic hydroxyl groups excluding tert-OH is 1. The van der Waals surface area contributed by atoms with Gasteiger partial charge in [0.1, 0.15) is 17.4 Å². The molecular weight excluding hydrogens is 426 g/mol. The van der Waals surface area contributed by atoms with Crippen molar-refractivity contribution < 1.29 is 9.84 Å². The molecule has 3 aromatic rings. The minimum Gasteiger partial charge on any atom is -0.489 e. The molecule has 0 spiro atoms. The van der Waals surface area contributed by atoms with Gasteiger partial charge < -0.3 is 9.84 Å². The fourth-order valence-corrected chi connectivity index (χ4v) is 5.69. The Kier molecular flexibility index (Phi) is 8.36. The number of benzene rings is 2. The van der Waals surface area contributed by atoms with E-state index < -0.39 is 0 Å². The minimum atomic E-state index is -0.312. The molecule has 33 heavy (non-hydrogen) atoms. The molecule has 3 rings (SSSR count). The average Bonchev–Trinajstić information content (AvgIpc) is 3.18. The smallest absolute Gasteiger partial charge is 0.119 e. The number of aliphatic hydroxyl groups is 1. The zero-order valence-electron chi connectivity index (χ0n) is 21.0. The molecule has 1 unspecified atom stereocenters. The van der Waals surface area contributed by atoms with Crippen LogP contribution in [0.4, 0.5) is 0 Å². The molecule has 1 atom stereocenters. The molecule has 178 valence electrons. The van der Waals surface area contributed by atoms with E-state index in [4.69, 9.17) is 9.72 Å². The van der Waals surface area contributed by atoms with Gasteiger partial charge in [-0.2, -0.15) is 0 Å². The SMILES string of the molecule is CCC(CC)(c1ccc(OCc2ccccc2)cc1)c1nc(C)c(CCC(O)C(C)(C)C)s1. The number of aryl methyl sites for hydroxylation is 2. The van der Waals surface area contributed by atoms with E-state index in [1.807, 2.05) is 29.5 Å². The molecule has 0 aliphatic carbocycles. The standard InChI is InChI=1S/C29H39NO2S/c1-7-29(8-2,27-30-21(3)25(33-27)18-19-26(31)28(4,5)6)23-14-16-24(17-15-23)32-20-22-12-10-9-11-13-22/h9-17,26,31H,7-8,18-20H2,1-6H3. The molecule has 0 saturated carbocycles. The van der Waals surface area contributed by atoms with Crippen LogP contribution in [0.15, 0.2) is 54.6 Å². The third-order valence-corrected chi connectivity index (χ3v) is 8.23. The third-order valence-electron chi connectivity index (χ3n) is 6.81. The first-order chi connectivity index (χ1) is 15.7. The summed E-state index contributed by atoms with van der Waals surface area (Å²) >= 11 is 1.82. The molecule has 0 fully saturated rings. The predicted octanol–water partition coefficient (Wildman–Crippen LogP) is 7.48. The van der Waals surface area contributed by atoms with Crippen LogP contribution in [0, 0.1) is 12.3 Å². The molecule has 0 amide bonds. The van der Waals surface area contributed by atoms with Gasteiger partial charge in [-0.05, 0) is 61.3 Å². The summed E-state index contributed by atoms with van der Waals surface area (Å²) in [5.74, 6) is 0.885. The second kappa shape index (κ2) is 10.8. The van der Waals surface area contributed by atoms with E-state index in [0.717, 1.165) is 37.1 Å². The van der Waals surface area contributed by atoms with Gasteiger partial charge in [0.15, 0.2) is 0 Å². The van der Waals surface area contributed by atoms with Gasteiger partial charge in [0.25, 0.3) is 0 Å². The Morgan fingerprint density at radius 3 is 2.18 bits per heavy atom. The van der Waals surface area contributed by atoms with Crippen molar-refractivity contribution in [3.8, 4) is 5.75 Å². The molecule has 1 N–H and O–H groups in total. The van der Waals surface area contributed by atoms with Gasteiger partial charge in [-0.3, -0.25) is 0 Å². The summed E-state index contributed by atoms with van der Waals surface area (Å²) in [4.78, 5) is 6.34. The van der Waals surface area contributed by atoms with Crippen molar-refractivity contribution in [3.63, 3.8) is 0 Å². The van der Waals surface area contributed by atoms with E-state index in [1.165, 1.54) is 21.0 Å². The maximum Gasteiger partial charge on any atom is 0.119 e. The Morgan fingerprint density at radius 2 is 1.61 bits per heavy atom. The van der Waals surface area contributed by atoms with Crippen LogP contribution < -0.4 is 4.74 Å². The number of ether oxygens (including phenoxy) is 1. The Labute approximate surface area is 203 Å². The van der Waals surface area contributed by atoms with Gasteiger partial charge in [-0.15, -0.1) is 11.3 Å². The molecule has 0 bridgehead atoms. The van der Waals surface area contributed by atoms with E-state index in [1.54, 1.807) is 0 Å². The number of thiazole rings is 1. The first kappa shape index (κ1) is 25.5. The van der Waals surface area contributed by atoms with Gasteiger partial charge >= 0.3 is 0 Å². The van der Waals surface area contributed by atoms with E-state index in [0.29, 0.717) is 6.61 Å². The van der Waals surface area contributed by atoms with Gasteiger partial charge in [0.05, 0.1) is 11.8 Å². The second-order valence-corrected chi connectivity index (χ2v) is 11.1. The Balaban J connectivity index is 1.78. The molecule has 3 nitrogen and oxygen atoms in total. The summed E-state index contributed by atoms with van der Waals surface area (Å²) in [6.07, 6.45) is 3.31. The highest BCUT2D eigenvalue weighted by atomic mass is 32.1. The average molecular weight is 466 g/mol. The number of hydrogen-bond acceptors (Lipinski definition) is 4. The Hall–Kier alpha value is -2.17. The van der Waals surface area contributed by atoms with Gasteiger partial charge in [0, 0.05) is 10.3 Å². The highest BCUT2D eigenvalue weighted by Gasteiger charge is 2.34. The minimum absolute atomic E-state index is 0.0949. The monoisotopic (exact) mass is 465 g/mol. The van der Waals surface area contributed by atoms with Crippen LogP contribution in [-0.4, -0.2) is 16.2 Å². The highest BCUT2D eigenvalue weighted by molar-refractivity contribution is 7.12. The molecule has 0 aliphatic rings. The van der Waals surface area contributed by atoms with Crippen LogP contribution in [0.1, 0.15) is 80.6 Å². The van der Waals surface area contributed by atoms with Crippen LogP contribution in [0.3, 0.4) is 0 Å². The summed E-state index contributed by atoms with van der Waals surface area (Å²) < 4.78 is 6.00. The van der Waals surface area contributed by atoms with Crippen LogP contribution in [0.25, 0.3) is 0 Å². The van der Waals surface area contributed by atoms with Gasteiger partial charge in [-0.1, -0.05) is 77.1 Å². The van der Waals surface area contributed by atoms with Crippen molar-refractivity contribution in [1.29, 1.82) is 0 Å². The summed E-state index contributed by atoms with van der Waals surface area (Å²) in [5, 5.41) is 11.7. The number of rotatable bonds is 10. The lowest BCUT2D eigenvalue weighted by Crippen LogP contribution is -2.26. The summed E-state index contributed by atoms with van der Waals surface area (Å²) in [5.41, 5.74) is 3.36. The van der Waals surface area contributed by atoms with E-state index in [9.17, 15) is 5.11 Å². The highest BCUT2D eigenvalue weighted by Crippen LogP contribution is 2.42. The van der Waals surface area contributed by atoms with E-state index >= 15 is 0 Å². The quantitative estimate of drug-likeness (QED) is 0.337. The first-order valence-electron chi connectivity index (χ1n) is 12.1. The van der Waals surface area contributed by atoms with Crippen molar-refractivity contribution in [2.45, 2.75) is 85.4 Å². The first-order valence-corrected chi connectivity index (χ1v) is 12.9. The summed E-state index contributed by atoms with van der Waals surface area (Å²) in [6, 6.07) is 18.8. The lowest BCUT2D eigenvalue weighted by Gasteiger charge is -2.30. The molecule has 0 radical (unpaired) electrons. The molecule has 1 aromatic heterocycles. The lowest BCUT2D eigenvalue weighted by molar-refractivity contribution is 0.0561. The fourth-order valence-electron chi connectivity index (χ4n) is 4.26. The third kappa shape index (κ3) is 6.04. The molecule has 4 heteroatoms. The molecular formula is C29H39NO2S. The topological polar surface area (TPSA) is 42.4 Å². The maximum atomic E-state index is 10.5. The van der Waals surface area contributed by atoms with E-state index in [-0.39, 0.29) is 16.9 Å². The van der Waals surface area contributed by atoms with Crippen molar-refractivity contribution in [1.82, 2.24) is 4.98 Å². The van der Waals surface area contributed by atoms with Crippen LogP contribution in [-0.2, 0) is 18.4 Å². The largest absolute Gasteiger partial charge is 0.489 e. The van der Waals surface area contributed by atoms with Gasteiger partial charge in [-0.25, -0.2) is 4.98 Å². The summed E-state index contributed by atoms with van der Waals surface area (Å²) in [6.45, 7) is 13.5. The number of nitrogens with zero attached hydrogens (tertiary/aromatic N) is 1. The van der Waals surface area contributed by atoms with Crippen molar-refractivity contribution in [2.24, 2.45) is 5.41 Å². The molecule has 1 heterocycles. The molecule has 0 aliphatic heterocycles. The van der Waals surface area contributed by atoms with Crippen LogP contribution in [0.2, 0.25) is 0 Å². The van der Waals surface area contributed by atoms with Crippen LogP contribution in [0.5, 0.6) is 5.75 Å². The van der Waals surface area contributed by atoms with Crippen LogP contribution >= 0.6 is 11.3 Å². The number of aromatic nitrogens is 1.